The van der Waals surface area contributed by atoms with Crippen LogP contribution < -0.4 is 14.7 Å². The summed E-state index contributed by atoms with van der Waals surface area (Å²) in [7, 11) is 3.93. The number of fused-ring (bicyclic) bond motifs is 4. The molecule has 3 fully saturated rings. The van der Waals surface area contributed by atoms with Crippen molar-refractivity contribution < 1.29 is 24.3 Å². The Hall–Kier alpha value is -6.39. The second-order valence-electron chi connectivity index (χ2n) is 15.7. The normalized spacial score (nSPS) is 25.2. The summed E-state index contributed by atoms with van der Waals surface area (Å²) in [6.45, 7) is 1.79. The van der Waals surface area contributed by atoms with E-state index in [9.17, 15) is 19.5 Å². The molecule has 6 atom stereocenters. The lowest BCUT2D eigenvalue weighted by molar-refractivity contribution is -0.127. The smallest absolute Gasteiger partial charge is 0.246 e. The number of allylic oxidation sites excluding steroid dienone is 2. The van der Waals surface area contributed by atoms with Gasteiger partial charge in [-0.25, -0.2) is 4.90 Å². The van der Waals surface area contributed by atoms with E-state index in [4.69, 9.17) is 11.6 Å². The highest BCUT2D eigenvalue weighted by Crippen LogP contribution is 2.65. The first kappa shape index (κ1) is 37.2. The minimum Gasteiger partial charge on any atom is -0.507 e. The van der Waals surface area contributed by atoms with Gasteiger partial charge in [-0.3, -0.25) is 24.1 Å². The molecule has 2 saturated heterocycles. The molecule has 2 heterocycles. The number of carbonyl (C=O) groups is 4. The molecule has 0 bridgehead atoms. The Kier molecular flexibility index (Phi) is 9.12. The van der Waals surface area contributed by atoms with Crippen LogP contribution in [0.5, 0.6) is 5.75 Å². The molecule has 9 rings (SSSR count). The number of carbonyl (C=O) groups excluding carboxylic acids is 4. The van der Waals surface area contributed by atoms with Crippen molar-refractivity contribution in [2.45, 2.75) is 31.1 Å². The summed E-state index contributed by atoms with van der Waals surface area (Å²) in [5.41, 5.74) is 4.07. The van der Waals surface area contributed by atoms with Gasteiger partial charge < -0.3 is 10.0 Å². The minimum absolute atomic E-state index is 0.0185. The van der Waals surface area contributed by atoms with Crippen LogP contribution in [0, 0.1) is 30.6 Å². The molecular weight excluding hydrogens is 750 g/mol. The van der Waals surface area contributed by atoms with Crippen molar-refractivity contribution in [1.82, 2.24) is 0 Å². The predicted molar refractivity (Wildman–Crippen MR) is 223 cm³/mol. The number of nitrogens with zero attached hydrogens (tertiary/aromatic N) is 5. The Bertz CT molecular complexity index is 2560. The molecule has 5 aromatic rings. The first-order valence-electron chi connectivity index (χ1n) is 19.4. The fourth-order valence-electron chi connectivity index (χ4n) is 9.86. The number of phenols is 1. The van der Waals surface area contributed by atoms with Gasteiger partial charge in [-0.15, -0.1) is 0 Å². The molecule has 1 saturated carbocycles. The molecule has 11 heteroatoms. The monoisotopic (exact) mass is 789 g/mol. The molecule has 1 N–H and O–H groups in total. The number of aryl methyl sites for hydroxylation is 1. The maximum absolute atomic E-state index is 15.4. The van der Waals surface area contributed by atoms with Crippen LogP contribution in [0.1, 0.15) is 35.4 Å². The minimum atomic E-state index is -1.48. The molecule has 10 nitrogen and oxygen atoms in total. The molecule has 2 aliphatic heterocycles. The third kappa shape index (κ3) is 5.68. The third-order valence-corrected chi connectivity index (χ3v) is 12.7. The lowest BCUT2D eigenvalue weighted by Crippen LogP contribution is -2.53. The van der Waals surface area contributed by atoms with Gasteiger partial charge in [0.1, 0.15) is 5.75 Å². The molecular formula is C47H40ClN5O5. The third-order valence-electron chi connectivity index (χ3n) is 12.5. The van der Waals surface area contributed by atoms with Gasteiger partial charge >= 0.3 is 0 Å². The summed E-state index contributed by atoms with van der Waals surface area (Å²) in [6.07, 6.45) is 2.39. The van der Waals surface area contributed by atoms with Crippen molar-refractivity contribution in [2.75, 3.05) is 28.8 Å². The molecule has 290 valence electrons. The molecule has 0 radical (unpaired) electrons. The van der Waals surface area contributed by atoms with Gasteiger partial charge in [0, 0.05) is 36.3 Å². The van der Waals surface area contributed by atoms with E-state index < -0.39 is 46.8 Å². The highest BCUT2D eigenvalue weighted by molar-refractivity contribution is 6.32. The SMILES string of the molecule is Cc1cccc(C2C3=CCC4C(=O)N(c5ccc(N=Nc6ccc(N(C)C)cc6)cc5)C(=O)C4C3CC3C(=O)N(c4cccc(Cl)c4)C(=O)C32c2ccccc2)c1O. The number of phenolic OH excluding ortho intramolecular Hbond substituents is 1. The summed E-state index contributed by atoms with van der Waals surface area (Å²) in [5, 5.41) is 20.9. The van der Waals surface area contributed by atoms with E-state index in [1.54, 1.807) is 67.6 Å². The first-order valence-corrected chi connectivity index (χ1v) is 19.7. The van der Waals surface area contributed by atoms with E-state index >= 15 is 4.79 Å². The predicted octanol–water partition coefficient (Wildman–Crippen LogP) is 9.20. The standard InChI is InChI=1S/C47H40ClN5O5/c1-27-9-7-14-37(42(27)54)41-35-23-24-36-40(45(57)52(43(36)55)33-21-17-31(18-22-33)50-49-30-15-19-32(20-16-30)51(2)3)38(35)26-39-44(56)53(34-13-8-12-29(48)25-34)46(58)47(39,41)28-10-5-4-6-11-28/h4-23,25,36,38-41,54H,24,26H2,1-3H3. The van der Waals surface area contributed by atoms with Crippen molar-refractivity contribution in [3.8, 4) is 5.75 Å². The zero-order valence-corrected chi connectivity index (χ0v) is 32.9. The maximum Gasteiger partial charge on any atom is 0.246 e. The molecule has 6 unspecified atom stereocenters. The fraction of sp³-hybridized carbons (Fsp3) is 0.234. The first-order chi connectivity index (χ1) is 28.0. The van der Waals surface area contributed by atoms with Crippen LogP contribution in [0.25, 0.3) is 0 Å². The van der Waals surface area contributed by atoms with Crippen molar-refractivity contribution in [3.63, 3.8) is 0 Å². The molecule has 4 aliphatic rings. The van der Waals surface area contributed by atoms with Crippen molar-refractivity contribution in [1.29, 1.82) is 0 Å². The Morgan fingerprint density at radius 3 is 2.07 bits per heavy atom. The van der Waals surface area contributed by atoms with Crippen LogP contribution in [0.4, 0.5) is 28.4 Å². The summed E-state index contributed by atoms with van der Waals surface area (Å²) in [4.78, 5) is 63.9. The number of benzene rings is 5. The topological polar surface area (TPSA) is 123 Å². The number of hydrogen-bond donors (Lipinski definition) is 1. The summed E-state index contributed by atoms with van der Waals surface area (Å²) in [5.74, 6) is -5.30. The quantitative estimate of drug-likeness (QED) is 0.0997. The summed E-state index contributed by atoms with van der Waals surface area (Å²) < 4.78 is 0. The Balaban J connectivity index is 1.12. The molecule has 0 spiro atoms. The van der Waals surface area contributed by atoms with Gasteiger partial charge in [0.05, 0.1) is 45.9 Å². The average Bonchev–Trinajstić information content (AvgIpc) is 3.62. The molecule has 4 amide bonds. The van der Waals surface area contributed by atoms with Crippen LogP contribution in [-0.4, -0.2) is 42.8 Å². The van der Waals surface area contributed by atoms with Crippen molar-refractivity contribution in [2.24, 2.45) is 33.9 Å². The van der Waals surface area contributed by atoms with E-state index in [1.165, 1.54) is 9.80 Å². The second-order valence-corrected chi connectivity index (χ2v) is 16.2. The van der Waals surface area contributed by atoms with Crippen molar-refractivity contribution >= 4 is 63.7 Å². The van der Waals surface area contributed by atoms with Gasteiger partial charge in [-0.2, -0.15) is 10.2 Å². The van der Waals surface area contributed by atoms with Gasteiger partial charge in [-0.1, -0.05) is 77.8 Å². The Labute approximate surface area is 341 Å². The molecule has 2 aliphatic carbocycles. The van der Waals surface area contributed by atoms with E-state index in [2.05, 4.69) is 10.2 Å². The maximum atomic E-state index is 15.4. The average molecular weight is 790 g/mol. The molecule has 58 heavy (non-hydrogen) atoms. The van der Waals surface area contributed by atoms with Crippen LogP contribution in [-0.2, 0) is 24.6 Å². The number of amides is 4. The number of para-hydroxylation sites is 1. The number of aromatic hydroxyl groups is 1. The van der Waals surface area contributed by atoms with Crippen LogP contribution in [0.2, 0.25) is 5.02 Å². The molecule has 0 aromatic heterocycles. The molecule has 5 aromatic carbocycles. The number of anilines is 3. The highest BCUT2D eigenvalue weighted by Gasteiger charge is 2.70. The van der Waals surface area contributed by atoms with Crippen molar-refractivity contribution in [3.05, 3.63) is 155 Å². The highest BCUT2D eigenvalue weighted by atomic mass is 35.5. The lowest BCUT2D eigenvalue weighted by Gasteiger charge is -2.50. The van der Waals surface area contributed by atoms with E-state index in [-0.39, 0.29) is 30.4 Å². The second kappa shape index (κ2) is 14.2. The number of imide groups is 2. The summed E-state index contributed by atoms with van der Waals surface area (Å²) >= 11 is 6.43. The van der Waals surface area contributed by atoms with Gasteiger partial charge in [0.2, 0.25) is 23.6 Å². The Morgan fingerprint density at radius 1 is 0.724 bits per heavy atom. The van der Waals surface area contributed by atoms with Crippen LogP contribution in [0.3, 0.4) is 0 Å². The summed E-state index contributed by atoms with van der Waals surface area (Å²) in [6, 6.07) is 35.9. The number of halogens is 1. The zero-order chi connectivity index (χ0) is 40.5. The van der Waals surface area contributed by atoms with Crippen LogP contribution in [0.15, 0.2) is 143 Å². The lowest BCUT2D eigenvalue weighted by atomic mass is 9.49. The van der Waals surface area contributed by atoms with Gasteiger partial charge in [0.15, 0.2) is 0 Å². The van der Waals surface area contributed by atoms with Gasteiger partial charge in [0.25, 0.3) is 0 Å². The number of azo groups is 1. The van der Waals surface area contributed by atoms with E-state index in [0.29, 0.717) is 44.5 Å². The van der Waals surface area contributed by atoms with E-state index in [1.807, 2.05) is 85.7 Å². The number of hydrogen-bond acceptors (Lipinski definition) is 8. The Morgan fingerprint density at radius 2 is 1.40 bits per heavy atom. The number of rotatable bonds is 7. The fourth-order valence-corrected chi connectivity index (χ4v) is 10.0. The zero-order valence-electron chi connectivity index (χ0n) is 32.1. The van der Waals surface area contributed by atoms with Crippen LogP contribution >= 0.6 is 11.6 Å². The van der Waals surface area contributed by atoms with E-state index in [0.717, 1.165) is 11.3 Å². The largest absolute Gasteiger partial charge is 0.507 e. The van der Waals surface area contributed by atoms with Gasteiger partial charge in [-0.05, 0) is 104 Å².